The highest BCUT2D eigenvalue weighted by molar-refractivity contribution is 7.75. The maximum absolute atomic E-state index is 8.55. The van der Waals surface area contributed by atoms with E-state index in [1.807, 2.05) is 0 Å². The van der Waals surface area contributed by atoms with Crippen LogP contribution in [-0.4, -0.2) is 21.4 Å². The maximum atomic E-state index is 8.55. The summed E-state index contributed by atoms with van der Waals surface area (Å²) in [6, 6.07) is 0. The summed E-state index contributed by atoms with van der Waals surface area (Å²) in [4.78, 5) is 17.1. The van der Waals surface area contributed by atoms with Crippen LogP contribution in [-0.2, 0) is 0 Å². The molecular weight excluding hydrogens is 101 g/mol. The summed E-state index contributed by atoms with van der Waals surface area (Å²) in [6.45, 7) is 0. The number of hydrogen-bond acceptors (Lipinski definition) is 3. The minimum atomic E-state index is -2.24. The van der Waals surface area contributed by atoms with Gasteiger partial charge in [-0.3, -0.25) is 0 Å². The van der Waals surface area contributed by atoms with Crippen molar-refractivity contribution in [3.8, 4) is 0 Å². The zero-order valence-corrected chi connectivity index (χ0v) is 3.89. The summed E-state index contributed by atoms with van der Waals surface area (Å²) in [7, 11) is -2.24. The number of fused-ring (bicyclic) bond motifs is 1. The lowest BCUT2D eigenvalue weighted by atomic mass is 11.0. The molecule has 2 unspecified atom stereocenters. The van der Waals surface area contributed by atoms with E-state index in [0.717, 1.165) is 0 Å². The van der Waals surface area contributed by atoms with E-state index in [1.54, 1.807) is 0 Å². The van der Waals surface area contributed by atoms with Gasteiger partial charge in [-0.15, -0.1) is 0 Å². The topological polar surface area (TPSA) is 62.4 Å². The molecule has 2 atom stereocenters. The second-order valence-corrected chi connectivity index (χ2v) is 4.27. The van der Waals surface area contributed by atoms with Crippen molar-refractivity contribution in [2.45, 2.75) is 11.6 Å². The van der Waals surface area contributed by atoms with Crippen molar-refractivity contribution in [3.63, 3.8) is 0 Å². The first-order valence-electron chi connectivity index (χ1n) is 1.83. The largest absolute Gasteiger partial charge is 0.313 e. The van der Waals surface area contributed by atoms with Crippen molar-refractivity contribution in [2.75, 3.05) is 0 Å². The molecule has 0 spiro atoms. The average Bonchev–Trinajstić information content (AvgIpc) is 2.13. The zero-order chi connectivity index (χ0) is 4.36. The van der Waals surface area contributed by atoms with E-state index < -0.39 is 7.72 Å². The summed E-state index contributed by atoms with van der Waals surface area (Å²) in [6.07, 6.45) is 0. The molecule has 34 valence electrons. The third kappa shape index (κ3) is 0.178. The molecule has 6 heavy (non-hydrogen) atoms. The van der Waals surface area contributed by atoms with Crippen molar-refractivity contribution in [3.05, 3.63) is 0 Å². The molecule has 0 aromatic carbocycles. The summed E-state index contributed by atoms with van der Waals surface area (Å²) >= 11 is 0. The standard InChI is InChI=1S/C2H5NO2P/c4-6(5)1-2(6)3-1/h1-5H/q+1. The zero-order valence-electron chi connectivity index (χ0n) is 3.00. The van der Waals surface area contributed by atoms with Crippen LogP contribution in [0.2, 0.25) is 0 Å². The van der Waals surface area contributed by atoms with Gasteiger partial charge in [-0.2, -0.15) is 0 Å². The Balaban J connectivity index is 2.21. The molecule has 2 fully saturated rings. The molecule has 3 nitrogen and oxygen atoms in total. The van der Waals surface area contributed by atoms with Gasteiger partial charge in [0.1, 0.15) is 0 Å². The van der Waals surface area contributed by atoms with Crippen molar-refractivity contribution >= 4 is 7.72 Å². The molecular formula is C2H5NO2P+. The fourth-order valence-electron chi connectivity index (χ4n) is 0.573. The highest BCUT2D eigenvalue weighted by atomic mass is 31.2. The Labute approximate surface area is 35.5 Å². The van der Waals surface area contributed by atoms with Gasteiger partial charge in [0.25, 0.3) is 0 Å². The van der Waals surface area contributed by atoms with E-state index in [1.165, 1.54) is 0 Å². The van der Waals surface area contributed by atoms with Crippen LogP contribution in [0, 0.1) is 0 Å². The van der Waals surface area contributed by atoms with Crippen molar-refractivity contribution < 1.29 is 9.79 Å². The third-order valence-electron chi connectivity index (χ3n) is 1.26. The van der Waals surface area contributed by atoms with Gasteiger partial charge in [-0.05, 0) is 0 Å². The summed E-state index contributed by atoms with van der Waals surface area (Å²) in [5.74, 6) is 0.273. The maximum Gasteiger partial charge on any atom is 0.313 e. The highest BCUT2D eigenvalue weighted by Crippen LogP contribution is 2.85. The van der Waals surface area contributed by atoms with E-state index in [4.69, 9.17) is 9.79 Å². The summed E-state index contributed by atoms with van der Waals surface area (Å²) in [5.41, 5.74) is 0. The van der Waals surface area contributed by atoms with Crippen molar-refractivity contribution in [2.24, 2.45) is 0 Å². The van der Waals surface area contributed by atoms with E-state index >= 15 is 0 Å². The number of rotatable bonds is 0. The van der Waals surface area contributed by atoms with E-state index in [0.29, 0.717) is 0 Å². The molecule has 2 aliphatic rings. The lowest BCUT2D eigenvalue weighted by Crippen LogP contribution is -1.98. The molecule has 0 amide bonds. The van der Waals surface area contributed by atoms with Gasteiger partial charge in [0.15, 0.2) is 0 Å². The average molecular weight is 106 g/mol. The molecule has 0 aliphatic carbocycles. The van der Waals surface area contributed by atoms with Crippen LogP contribution in [0.25, 0.3) is 0 Å². The predicted octanol–water partition coefficient (Wildman–Crippen LogP) is -0.912. The molecule has 0 aromatic heterocycles. The van der Waals surface area contributed by atoms with Crippen LogP contribution in [0.15, 0.2) is 0 Å². The Morgan fingerprint density at radius 3 is 1.67 bits per heavy atom. The van der Waals surface area contributed by atoms with Crippen LogP contribution in [0.4, 0.5) is 0 Å². The van der Waals surface area contributed by atoms with E-state index in [-0.39, 0.29) is 11.6 Å². The highest BCUT2D eigenvalue weighted by Gasteiger charge is 2.90. The Hall–Kier alpha value is 0.310. The smallest absolute Gasteiger partial charge is 0.229 e. The molecule has 0 aromatic rings. The first kappa shape index (κ1) is 3.33. The van der Waals surface area contributed by atoms with Gasteiger partial charge in [-0.1, -0.05) is 0 Å². The van der Waals surface area contributed by atoms with Crippen molar-refractivity contribution in [1.82, 2.24) is 5.32 Å². The van der Waals surface area contributed by atoms with Crippen LogP contribution >= 0.6 is 7.72 Å². The molecule has 3 N–H and O–H groups in total. The van der Waals surface area contributed by atoms with Gasteiger partial charge in [0.2, 0.25) is 11.6 Å². The van der Waals surface area contributed by atoms with Gasteiger partial charge in [0, 0.05) is 0 Å². The first-order valence-corrected chi connectivity index (χ1v) is 3.66. The Morgan fingerprint density at radius 2 is 1.67 bits per heavy atom. The fourth-order valence-corrected chi connectivity index (χ4v) is 2.08. The number of nitrogens with one attached hydrogen (secondary N) is 1. The minimum absolute atomic E-state index is 0.137. The quantitative estimate of drug-likeness (QED) is 0.276. The van der Waals surface area contributed by atoms with Crippen molar-refractivity contribution in [1.29, 1.82) is 0 Å². The van der Waals surface area contributed by atoms with Crippen LogP contribution < -0.4 is 5.32 Å². The molecule has 2 saturated heterocycles. The Morgan fingerprint density at radius 1 is 1.33 bits per heavy atom. The normalized spacial score (nSPS) is 57.0. The second kappa shape index (κ2) is 0.557. The van der Waals surface area contributed by atoms with E-state index in [9.17, 15) is 0 Å². The SMILES string of the molecule is O[P+]1(O)C2NC21. The molecule has 0 saturated carbocycles. The van der Waals surface area contributed by atoms with Crippen LogP contribution in [0.3, 0.4) is 0 Å². The summed E-state index contributed by atoms with van der Waals surface area (Å²) in [5, 5.41) is 2.83. The fraction of sp³-hybridized carbons (Fsp3) is 1.00. The molecule has 2 aliphatic heterocycles. The molecule has 0 radical (unpaired) electrons. The molecule has 4 heteroatoms. The lowest BCUT2D eigenvalue weighted by molar-refractivity contribution is 0.462. The van der Waals surface area contributed by atoms with Crippen LogP contribution in [0.5, 0.6) is 0 Å². The third-order valence-corrected chi connectivity index (χ3v) is 3.45. The number of hydrogen-bond donors (Lipinski definition) is 3. The first-order chi connectivity index (χ1) is 2.73. The Bertz CT molecular complexity index is 93.7. The Kier molecular flexibility index (Phi) is 0.309. The molecule has 2 rings (SSSR count). The monoisotopic (exact) mass is 106 g/mol. The van der Waals surface area contributed by atoms with E-state index in [2.05, 4.69) is 5.32 Å². The lowest BCUT2D eigenvalue weighted by Gasteiger charge is -1.90. The van der Waals surface area contributed by atoms with Gasteiger partial charge < -0.3 is 0 Å². The predicted molar refractivity (Wildman–Crippen MR) is 22.1 cm³/mol. The van der Waals surface area contributed by atoms with Gasteiger partial charge in [0.05, 0.1) is 0 Å². The summed E-state index contributed by atoms with van der Waals surface area (Å²) < 4.78 is 0. The van der Waals surface area contributed by atoms with Crippen LogP contribution in [0.1, 0.15) is 0 Å². The second-order valence-electron chi connectivity index (χ2n) is 1.76. The molecule has 2 heterocycles. The van der Waals surface area contributed by atoms with Gasteiger partial charge in [-0.25, -0.2) is 15.1 Å². The van der Waals surface area contributed by atoms with Gasteiger partial charge >= 0.3 is 7.72 Å². The molecule has 0 bridgehead atoms. The minimum Gasteiger partial charge on any atom is -0.229 e.